The van der Waals surface area contributed by atoms with E-state index in [1.807, 2.05) is 20.8 Å². The lowest BCUT2D eigenvalue weighted by Crippen LogP contribution is -2.43. The molecule has 1 heterocycles. The van der Waals surface area contributed by atoms with Crippen LogP contribution in [-0.4, -0.2) is 37.9 Å². The third-order valence-corrected chi connectivity index (χ3v) is 4.06. The molecule has 1 aliphatic rings. The molecule has 1 fully saturated rings. The van der Waals surface area contributed by atoms with Crippen LogP contribution in [0.15, 0.2) is 12.1 Å². The quantitative estimate of drug-likeness (QED) is 0.861. The first-order valence-electron chi connectivity index (χ1n) is 9.22. The standard InChI is InChI=1S/C20H30N4O2/c1-14(2)10-15-12-18(24-8-6-22-7-9-24)16(13-21)11-17(15)23-19(25)26-20(3,4)5/h11-12,14,22H,6-10H2,1-5H3,(H,23,25). The minimum atomic E-state index is -0.568. The molecule has 0 saturated carbocycles. The van der Waals surface area contributed by atoms with Gasteiger partial charge in [-0.2, -0.15) is 5.26 Å². The molecule has 1 saturated heterocycles. The number of nitrogens with zero attached hydrogens (tertiary/aromatic N) is 2. The number of amides is 1. The Bertz CT molecular complexity index is 680. The number of hydrogen-bond donors (Lipinski definition) is 2. The number of rotatable bonds is 4. The topological polar surface area (TPSA) is 77.4 Å². The van der Waals surface area contributed by atoms with Gasteiger partial charge in [0.2, 0.25) is 0 Å². The van der Waals surface area contributed by atoms with Crippen LogP contribution in [0.25, 0.3) is 0 Å². The SMILES string of the molecule is CC(C)Cc1cc(N2CCNCC2)c(C#N)cc1NC(=O)OC(C)(C)C. The molecule has 0 aliphatic carbocycles. The van der Waals surface area contributed by atoms with E-state index in [9.17, 15) is 10.1 Å². The molecular weight excluding hydrogens is 328 g/mol. The van der Waals surface area contributed by atoms with Crippen LogP contribution in [0.4, 0.5) is 16.2 Å². The third-order valence-electron chi connectivity index (χ3n) is 4.06. The first-order valence-corrected chi connectivity index (χ1v) is 9.22. The van der Waals surface area contributed by atoms with Crippen LogP contribution in [-0.2, 0) is 11.2 Å². The zero-order valence-electron chi connectivity index (χ0n) is 16.5. The summed E-state index contributed by atoms with van der Waals surface area (Å²) in [6.45, 7) is 13.3. The molecule has 2 rings (SSSR count). The molecule has 0 unspecified atom stereocenters. The molecule has 0 atom stereocenters. The summed E-state index contributed by atoms with van der Waals surface area (Å²) >= 11 is 0. The molecule has 0 bridgehead atoms. The summed E-state index contributed by atoms with van der Waals surface area (Å²) < 4.78 is 5.37. The summed E-state index contributed by atoms with van der Waals surface area (Å²) in [5, 5.41) is 15.8. The average molecular weight is 358 g/mol. The first kappa shape index (κ1) is 20.1. The number of nitriles is 1. The number of piperazine rings is 1. The Morgan fingerprint density at radius 1 is 1.35 bits per heavy atom. The Morgan fingerprint density at radius 3 is 2.54 bits per heavy atom. The fourth-order valence-corrected chi connectivity index (χ4v) is 3.03. The van der Waals surface area contributed by atoms with Crippen LogP contribution >= 0.6 is 0 Å². The van der Waals surface area contributed by atoms with Crippen molar-refractivity contribution in [3.8, 4) is 6.07 Å². The van der Waals surface area contributed by atoms with E-state index >= 15 is 0 Å². The first-order chi connectivity index (χ1) is 12.2. The van der Waals surface area contributed by atoms with Gasteiger partial charge >= 0.3 is 6.09 Å². The molecule has 1 aromatic rings. The second kappa shape index (κ2) is 8.41. The van der Waals surface area contributed by atoms with Gasteiger partial charge in [0.15, 0.2) is 0 Å². The van der Waals surface area contributed by atoms with Crippen molar-refractivity contribution >= 4 is 17.5 Å². The highest BCUT2D eigenvalue weighted by Gasteiger charge is 2.21. The second-order valence-electron chi connectivity index (χ2n) is 8.10. The maximum atomic E-state index is 12.2. The van der Waals surface area contributed by atoms with Gasteiger partial charge in [0.25, 0.3) is 0 Å². The van der Waals surface area contributed by atoms with Crippen LogP contribution in [0.3, 0.4) is 0 Å². The van der Waals surface area contributed by atoms with Gasteiger partial charge in [-0.1, -0.05) is 13.8 Å². The fourth-order valence-electron chi connectivity index (χ4n) is 3.03. The normalized spacial score (nSPS) is 14.9. The van der Waals surface area contributed by atoms with E-state index in [2.05, 4.69) is 41.5 Å². The van der Waals surface area contributed by atoms with Gasteiger partial charge in [0, 0.05) is 31.9 Å². The zero-order chi connectivity index (χ0) is 19.3. The van der Waals surface area contributed by atoms with Crippen molar-refractivity contribution in [1.29, 1.82) is 5.26 Å². The Morgan fingerprint density at radius 2 is 2.00 bits per heavy atom. The van der Waals surface area contributed by atoms with E-state index < -0.39 is 11.7 Å². The number of hydrogen-bond acceptors (Lipinski definition) is 5. The second-order valence-corrected chi connectivity index (χ2v) is 8.10. The summed E-state index contributed by atoms with van der Waals surface area (Å²) in [5.41, 5.74) is 2.63. The number of anilines is 2. The number of benzene rings is 1. The Balaban J connectivity index is 2.36. The van der Waals surface area contributed by atoms with Crippen LogP contribution in [0.2, 0.25) is 0 Å². The lowest BCUT2D eigenvalue weighted by atomic mass is 9.97. The molecule has 2 N–H and O–H groups in total. The molecule has 142 valence electrons. The monoisotopic (exact) mass is 358 g/mol. The maximum absolute atomic E-state index is 12.2. The van der Waals surface area contributed by atoms with E-state index in [0.717, 1.165) is 43.9 Å². The van der Waals surface area contributed by atoms with Crippen molar-refractivity contribution < 1.29 is 9.53 Å². The number of ether oxygens (including phenoxy) is 1. The maximum Gasteiger partial charge on any atom is 0.412 e. The minimum absolute atomic E-state index is 0.429. The molecule has 1 aromatic carbocycles. The average Bonchev–Trinajstić information content (AvgIpc) is 2.54. The zero-order valence-corrected chi connectivity index (χ0v) is 16.5. The van der Waals surface area contributed by atoms with E-state index in [-0.39, 0.29) is 0 Å². The van der Waals surface area contributed by atoms with Crippen molar-refractivity contribution in [1.82, 2.24) is 5.32 Å². The number of carbonyl (C=O) groups excluding carboxylic acids is 1. The summed E-state index contributed by atoms with van der Waals surface area (Å²) in [4.78, 5) is 14.4. The lowest BCUT2D eigenvalue weighted by Gasteiger charge is -2.31. The summed E-state index contributed by atoms with van der Waals surface area (Å²) in [5.74, 6) is 0.429. The highest BCUT2D eigenvalue weighted by Crippen LogP contribution is 2.30. The van der Waals surface area contributed by atoms with Gasteiger partial charge in [0.05, 0.1) is 11.3 Å². The minimum Gasteiger partial charge on any atom is -0.444 e. The van der Waals surface area contributed by atoms with E-state index in [1.165, 1.54) is 0 Å². The van der Waals surface area contributed by atoms with Gasteiger partial charge in [-0.15, -0.1) is 0 Å². The van der Waals surface area contributed by atoms with Crippen LogP contribution in [0, 0.1) is 17.2 Å². The predicted molar refractivity (Wildman–Crippen MR) is 105 cm³/mol. The molecule has 6 heteroatoms. The van der Waals surface area contributed by atoms with Crippen molar-refractivity contribution in [2.45, 2.75) is 46.6 Å². The third kappa shape index (κ3) is 5.63. The van der Waals surface area contributed by atoms with E-state index in [0.29, 0.717) is 17.2 Å². The smallest absolute Gasteiger partial charge is 0.412 e. The molecular formula is C20H30N4O2. The molecule has 0 aromatic heterocycles. The van der Waals surface area contributed by atoms with Crippen LogP contribution in [0.1, 0.15) is 45.7 Å². The largest absolute Gasteiger partial charge is 0.444 e. The molecule has 0 spiro atoms. The molecule has 0 radical (unpaired) electrons. The van der Waals surface area contributed by atoms with Crippen molar-refractivity contribution in [2.75, 3.05) is 36.4 Å². The highest BCUT2D eigenvalue weighted by molar-refractivity contribution is 5.87. The molecule has 1 amide bonds. The highest BCUT2D eigenvalue weighted by atomic mass is 16.6. The van der Waals surface area contributed by atoms with Crippen molar-refractivity contribution in [2.24, 2.45) is 5.92 Å². The molecule has 6 nitrogen and oxygen atoms in total. The van der Waals surface area contributed by atoms with Crippen LogP contribution < -0.4 is 15.5 Å². The van der Waals surface area contributed by atoms with Gasteiger partial charge in [0.1, 0.15) is 11.7 Å². The van der Waals surface area contributed by atoms with Gasteiger partial charge in [-0.05, 0) is 50.8 Å². The predicted octanol–water partition coefficient (Wildman–Crippen LogP) is 3.51. The van der Waals surface area contributed by atoms with Crippen molar-refractivity contribution in [3.05, 3.63) is 23.3 Å². The fraction of sp³-hybridized carbons (Fsp3) is 0.600. The number of nitrogens with one attached hydrogen (secondary N) is 2. The number of carbonyl (C=O) groups is 1. The Hall–Kier alpha value is -2.26. The van der Waals surface area contributed by atoms with E-state index in [4.69, 9.17) is 4.74 Å². The van der Waals surface area contributed by atoms with Crippen molar-refractivity contribution in [3.63, 3.8) is 0 Å². The Labute approximate surface area is 156 Å². The van der Waals surface area contributed by atoms with Gasteiger partial charge in [-0.25, -0.2) is 4.79 Å². The van der Waals surface area contributed by atoms with Gasteiger partial charge in [-0.3, -0.25) is 5.32 Å². The summed E-state index contributed by atoms with van der Waals surface area (Å²) in [6, 6.07) is 6.11. The van der Waals surface area contributed by atoms with E-state index in [1.54, 1.807) is 6.07 Å². The van der Waals surface area contributed by atoms with Gasteiger partial charge < -0.3 is 15.0 Å². The van der Waals surface area contributed by atoms with Crippen LogP contribution in [0.5, 0.6) is 0 Å². The lowest BCUT2D eigenvalue weighted by molar-refractivity contribution is 0.0635. The Kier molecular flexibility index (Phi) is 6.49. The molecule has 26 heavy (non-hydrogen) atoms. The summed E-state index contributed by atoms with van der Waals surface area (Å²) in [6.07, 6.45) is 0.317. The summed E-state index contributed by atoms with van der Waals surface area (Å²) in [7, 11) is 0. The molecule has 1 aliphatic heterocycles.